The number of halogens is 1. The van der Waals surface area contributed by atoms with Gasteiger partial charge in [0.15, 0.2) is 9.84 Å². The van der Waals surface area contributed by atoms with Gasteiger partial charge in [-0.2, -0.15) is 0 Å². The molecule has 0 spiro atoms. The summed E-state index contributed by atoms with van der Waals surface area (Å²) in [7, 11) is -3.24. The molecule has 1 unspecified atom stereocenters. The van der Waals surface area contributed by atoms with Gasteiger partial charge in [0.1, 0.15) is 5.83 Å². The highest BCUT2D eigenvalue weighted by Gasteiger charge is 2.24. The largest absolute Gasteiger partial charge is 0.224 e. The van der Waals surface area contributed by atoms with Crippen LogP contribution < -0.4 is 0 Å². The lowest BCUT2D eigenvalue weighted by molar-refractivity contribution is 0.572. The molecule has 2 nitrogen and oxygen atoms in total. The second kappa shape index (κ2) is 3.25. The Bertz CT molecular complexity index is 376. The quantitative estimate of drug-likeness (QED) is 0.656. The van der Waals surface area contributed by atoms with Crippen LogP contribution >= 0.6 is 0 Å². The number of sulfone groups is 1. The average Bonchev–Trinajstić information content (AvgIpc) is 1.94. The maximum absolute atomic E-state index is 13.1. The zero-order valence-corrected chi connectivity index (χ0v) is 8.78. The summed E-state index contributed by atoms with van der Waals surface area (Å²) < 4.78 is 35.5. The highest BCUT2D eigenvalue weighted by molar-refractivity contribution is 7.94. The number of rotatable bonds is 1. The van der Waals surface area contributed by atoms with Crippen LogP contribution in [-0.2, 0) is 9.84 Å². The molecular weight excluding hydrogens is 191 g/mol. The van der Waals surface area contributed by atoms with E-state index in [0.717, 1.165) is 12.3 Å². The predicted octanol–water partition coefficient (Wildman–Crippen LogP) is 2.20. The molecule has 74 valence electrons. The monoisotopic (exact) mass is 204 g/mol. The Morgan fingerprint density at radius 2 is 2.08 bits per heavy atom. The lowest BCUT2D eigenvalue weighted by atomic mass is 9.96. The third-order valence-electron chi connectivity index (χ3n) is 2.20. The van der Waals surface area contributed by atoms with Crippen molar-refractivity contribution in [2.75, 3.05) is 6.26 Å². The summed E-state index contributed by atoms with van der Waals surface area (Å²) in [6, 6.07) is 0. The van der Waals surface area contributed by atoms with Crippen LogP contribution in [0.15, 0.2) is 22.4 Å². The molecule has 0 saturated carbocycles. The van der Waals surface area contributed by atoms with Crippen molar-refractivity contribution in [3.05, 3.63) is 22.4 Å². The van der Waals surface area contributed by atoms with Gasteiger partial charge in [-0.05, 0) is 30.9 Å². The van der Waals surface area contributed by atoms with E-state index in [2.05, 4.69) is 0 Å². The minimum Gasteiger partial charge on any atom is -0.224 e. The van der Waals surface area contributed by atoms with Gasteiger partial charge in [-0.3, -0.25) is 0 Å². The lowest BCUT2D eigenvalue weighted by Gasteiger charge is -2.19. The highest BCUT2D eigenvalue weighted by atomic mass is 32.2. The van der Waals surface area contributed by atoms with Crippen LogP contribution in [0.25, 0.3) is 0 Å². The van der Waals surface area contributed by atoms with E-state index in [1.54, 1.807) is 13.8 Å². The molecule has 0 aromatic rings. The third kappa shape index (κ3) is 2.18. The smallest absolute Gasteiger partial charge is 0.172 e. The van der Waals surface area contributed by atoms with Crippen LogP contribution in [0.4, 0.5) is 4.39 Å². The third-order valence-corrected chi connectivity index (χ3v) is 3.58. The minimum absolute atomic E-state index is 0.102. The molecule has 0 fully saturated rings. The molecule has 0 heterocycles. The molecule has 0 amide bonds. The van der Waals surface area contributed by atoms with Crippen molar-refractivity contribution < 1.29 is 12.8 Å². The van der Waals surface area contributed by atoms with Crippen LogP contribution in [0.1, 0.15) is 20.3 Å². The second-order valence-electron chi connectivity index (χ2n) is 3.55. The Kier molecular flexibility index (Phi) is 2.61. The highest BCUT2D eigenvalue weighted by Crippen LogP contribution is 2.31. The normalized spacial score (nSPS) is 24.6. The average molecular weight is 204 g/mol. The van der Waals surface area contributed by atoms with Gasteiger partial charge in [0.25, 0.3) is 0 Å². The van der Waals surface area contributed by atoms with Gasteiger partial charge in [-0.15, -0.1) is 0 Å². The second-order valence-corrected chi connectivity index (χ2v) is 5.57. The zero-order valence-electron chi connectivity index (χ0n) is 7.96. The molecule has 13 heavy (non-hydrogen) atoms. The Balaban J connectivity index is 3.19. The molecule has 0 bridgehead atoms. The minimum atomic E-state index is -3.24. The van der Waals surface area contributed by atoms with E-state index in [1.807, 2.05) is 0 Å². The van der Waals surface area contributed by atoms with Gasteiger partial charge >= 0.3 is 0 Å². The van der Waals surface area contributed by atoms with Crippen LogP contribution in [0, 0.1) is 5.92 Å². The fourth-order valence-corrected chi connectivity index (χ4v) is 2.65. The van der Waals surface area contributed by atoms with Gasteiger partial charge < -0.3 is 0 Å². The number of allylic oxidation sites excluding steroid dienone is 4. The van der Waals surface area contributed by atoms with Gasteiger partial charge in [-0.1, -0.05) is 6.92 Å². The maximum Gasteiger partial charge on any atom is 0.172 e. The Hall–Kier alpha value is -0.640. The molecule has 0 aliphatic heterocycles. The van der Waals surface area contributed by atoms with Crippen molar-refractivity contribution in [1.82, 2.24) is 0 Å². The van der Waals surface area contributed by atoms with Gasteiger partial charge in [0, 0.05) is 6.26 Å². The first kappa shape index (κ1) is 10.4. The Morgan fingerprint density at radius 1 is 1.54 bits per heavy atom. The van der Waals surface area contributed by atoms with Crippen LogP contribution in [-0.4, -0.2) is 14.7 Å². The van der Waals surface area contributed by atoms with Crippen molar-refractivity contribution in [3.8, 4) is 0 Å². The number of hydrogen-bond acceptors (Lipinski definition) is 2. The van der Waals surface area contributed by atoms with E-state index in [9.17, 15) is 12.8 Å². The zero-order chi connectivity index (χ0) is 10.2. The molecule has 4 heteroatoms. The predicted molar refractivity (Wildman–Crippen MR) is 50.5 cm³/mol. The van der Waals surface area contributed by atoms with Crippen molar-refractivity contribution >= 4 is 9.84 Å². The van der Waals surface area contributed by atoms with E-state index in [4.69, 9.17) is 0 Å². The van der Waals surface area contributed by atoms with Crippen LogP contribution in [0.2, 0.25) is 0 Å². The lowest BCUT2D eigenvalue weighted by Crippen LogP contribution is -2.13. The Labute approximate surface area is 78.1 Å². The van der Waals surface area contributed by atoms with E-state index < -0.39 is 15.7 Å². The fraction of sp³-hybridized carbons (Fsp3) is 0.556. The van der Waals surface area contributed by atoms with Gasteiger partial charge in [0.05, 0.1) is 4.91 Å². The maximum atomic E-state index is 13.1. The first-order valence-corrected chi connectivity index (χ1v) is 5.98. The molecule has 1 aliphatic rings. The molecule has 1 rings (SSSR count). The summed E-state index contributed by atoms with van der Waals surface area (Å²) in [5, 5.41) is 0. The van der Waals surface area contributed by atoms with Crippen LogP contribution in [0.5, 0.6) is 0 Å². The summed E-state index contributed by atoms with van der Waals surface area (Å²) in [6.07, 6.45) is 2.74. The molecular formula is C9H13FO2S. The van der Waals surface area contributed by atoms with Crippen molar-refractivity contribution in [2.24, 2.45) is 5.92 Å². The molecule has 0 aromatic heterocycles. The molecule has 1 atom stereocenters. The van der Waals surface area contributed by atoms with Gasteiger partial charge in [-0.25, -0.2) is 12.8 Å². The molecule has 0 N–H and O–H groups in total. The van der Waals surface area contributed by atoms with E-state index in [1.165, 1.54) is 0 Å². The Morgan fingerprint density at radius 3 is 2.54 bits per heavy atom. The van der Waals surface area contributed by atoms with Crippen molar-refractivity contribution in [2.45, 2.75) is 20.3 Å². The summed E-state index contributed by atoms with van der Waals surface area (Å²) in [5.74, 6) is -0.506. The summed E-state index contributed by atoms with van der Waals surface area (Å²) in [4.78, 5) is 0.204. The molecule has 0 aromatic carbocycles. The SMILES string of the molecule is CC1=C(F)C=C(S(C)(=O)=O)C(C)C1. The van der Waals surface area contributed by atoms with E-state index >= 15 is 0 Å². The van der Waals surface area contributed by atoms with Crippen molar-refractivity contribution in [3.63, 3.8) is 0 Å². The molecule has 1 aliphatic carbocycles. The standard InChI is InChI=1S/C9H13FO2S/c1-6-4-7(2)9(5-8(6)10)13(3,11)12/h5,7H,4H2,1-3H3. The van der Waals surface area contributed by atoms with E-state index in [-0.39, 0.29) is 10.8 Å². The summed E-state index contributed by atoms with van der Waals surface area (Å²) in [5.41, 5.74) is 0.625. The number of hydrogen-bond donors (Lipinski definition) is 0. The topological polar surface area (TPSA) is 34.1 Å². The summed E-state index contributed by atoms with van der Waals surface area (Å²) >= 11 is 0. The van der Waals surface area contributed by atoms with Crippen LogP contribution in [0.3, 0.4) is 0 Å². The molecule has 0 radical (unpaired) electrons. The first-order valence-electron chi connectivity index (χ1n) is 4.09. The van der Waals surface area contributed by atoms with Crippen molar-refractivity contribution in [1.29, 1.82) is 0 Å². The first-order chi connectivity index (χ1) is 5.82. The van der Waals surface area contributed by atoms with Gasteiger partial charge in [0.2, 0.25) is 0 Å². The summed E-state index contributed by atoms with van der Waals surface area (Å²) in [6.45, 7) is 3.48. The van der Waals surface area contributed by atoms with E-state index in [0.29, 0.717) is 12.0 Å². The molecule has 0 saturated heterocycles. The fourth-order valence-electron chi connectivity index (χ4n) is 1.52.